The molecule has 0 aliphatic carbocycles. The highest BCUT2D eigenvalue weighted by atomic mass is 79.9. The number of methoxy groups -OCH3 is 1. The Bertz CT molecular complexity index is 1230. The van der Waals surface area contributed by atoms with Gasteiger partial charge in [-0.3, -0.25) is 4.79 Å². The second kappa shape index (κ2) is 11.4. The number of amides is 1. The van der Waals surface area contributed by atoms with E-state index in [-0.39, 0.29) is 53.4 Å². The van der Waals surface area contributed by atoms with Crippen LogP contribution in [0.25, 0.3) is 0 Å². The normalized spacial score (nSPS) is 15.1. The van der Waals surface area contributed by atoms with Crippen LogP contribution in [0.3, 0.4) is 0 Å². The molecular weight excluding hydrogens is 518 g/mol. The van der Waals surface area contributed by atoms with E-state index >= 15 is 0 Å². The smallest absolute Gasteiger partial charge is 0.338 e. The highest BCUT2D eigenvalue weighted by molar-refractivity contribution is 9.10. The molecule has 0 spiro atoms. The van der Waals surface area contributed by atoms with Crippen LogP contribution in [0.4, 0.5) is 5.69 Å². The Balaban J connectivity index is 1.94. The molecule has 0 saturated heterocycles. The number of benzene rings is 2. The summed E-state index contributed by atoms with van der Waals surface area (Å²) < 4.78 is 22.3. The van der Waals surface area contributed by atoms with E-state index in [4.69, 9.17) is 24.7 Å². The van der Waals surface area contributed by atoms with Crippen molar-refractivity contribution in [1.82, 2.24) is 0 Å². The minimum Gasteiger partial charge on any atom is -0.493 e. The van der Waals surface area contributed by atoms with Crippen molar-refractivity contribution in [2.24, 2.45) is 5.73 Å². The first kappa shape index (κ1) is 25.6. The first-order valence-electron chi connectivity index (χ1n) is 10.6. The van der Waals surface area contributed by atoms with E-state index in [9.17, 15) is 14.9 Å². The molecule has 0 fully saturated rings. The molecule has 1 aliphatic rings. The molecule has 1 heterocycles. The van der Waals surface area contributed by atoms with Gasteiger partial charge in [-0.15, -0.1) is 0 Å². The van der Waals surface area contributed by atoms with Gasteiger partial charge in [0, 0.05) is 5.69 Å². The van der Waals surface area contributed by atoms with Crippen molar-refractivity contribution in [1.29, 1.82) is 5.26 Å². The number of anilines is 1. The van der Waals surface area contributed by atoms with Gasteiger partial charge in [-0.25, -0.2) is 4.79 Å². The van der Waals surface area contributed by atoms with Crippen molar-refractivity contribution in [3.63, 3.8) is 0 Å². The van der Waals surface area contributed by atoms with Gasteiger partial charge in [-0.1, -0.05) is 18.2 Å². The molecule has 10 heteroatoms. The van der Waals surface area contributed by atoms with Crippen LogP contribution in [0.1, 0.15) is 25.3 Å². The number of para-hydroxylation sites is 1. The van der Waals surface area contributed by atoms with E-state index < -0.39 is 11.9 Å². The molecule has 2 aromatic carbocycles. The summed E-state index contributed by atoms with van der Waals surface area (Å²) in [5, 5.41) is 12.5. The molecule has 1 aliphatic heterocycles. The number of nitrogens with one attached hydrogen (secondary N) is 1. The number of nitrogens with two attached hydrogens (primary N) is 1. The number of carbonyl (C=O) groups excluding carboxylic acids is 2. The lowest BCUT2D eigenvalue weighted by molar-refractivity contribution is -0.139. The second-order valence-electron chi connectivity index (χ2n) is 7.35. The van der Waals surface area contributed by atoms with Crippen molar-refractivity contribution in [2.75, 3.05) is 25.6 Å². The van der Waals surface area contributed by atoms with Crippen molar-refractivity contribution < 1.29 is 28.5 Å². The van der Waals surface area contributed by atoms with Crippen LogP contribution < -0.4 is 20.5 Å². The highest BCUT2D eigenvalue weighted by Crippen LogP contribution is 2.45. The fourth-order valence-electron chi connectivity index (χ4n) is 3.59. The number of hydrogen-bond donors (Lipinski definition) is 2. The molecule has 9 nitrogen and oxygen atoms in total. The Hall–Kier alpha value is -3.97. The Labute approximate surface area is 211 Å². The van der Waals surface area contributed by atoms with Crippen LogP contribution in [0, 0.1) is 11.3 Å². The lowest BCUT2D eigenvalue weighted by Gasteiger charge is -2.27. The number of ether oxygens (including phenoxy) is 4. The van der Waals surface area contributed by atoms with Gasteiger partial charge in [0.05, 0.1) is 29.7 Å². The minimum atomic E-state index is -0.853. The number of esters is 1. The first-order chi connectivity index (χ1) is 16.8. The lowest BCUT2D eigenvalue weighted by atomic mass is 9.83. The molecule has 1 unspecified atom stereocenters. The zero-order valence-electron chi connectivity index (χ0n) is 19.4. The van der Waals surface area contributed by atoms with Gasteiger partial charge in [0.25, 0.3) is 5.91 Å². The predicted octanol–water partition coefficient (Wildman–Crippen LogP) is 4.12. The van der Waals surface area contributed by atoms with Crippen LogP contribution in [0.5, 0.6) is 11.5 Å². The van der Waals surface area contributed by atoms with E-state index in [0.717, 1.165) is 0 Å². The van der Waals surface area contributed by atoms with Crippen LogP contribution in [-0.4, -0.2) is 32.2 Å². The Morgan fingerprint density at radius 2 is 1.97 bits per heavy atom. The Kier molecular flexibility index (Phi) is 8.39. The molecule has 182 valence electrons. The molecule has 2 aromatic rings. The lowest BCUT2D eigenvalue weighted by Crippen LogP contribution is -2.25. The van der Waals surface area contributed by atoms with Gasteiger partial charge < -0.3 is 30.0 Å². The largest absolute Gasteiger partial charge is 0.493 e. The molecule has 0 radical (unpaired) electrons. The summed E-state index contributed by atoms with van der Waals surface area (Å²) in [6, 6.07) is 14.3. The Morgan fingerprint density at radius 3 is 2.60 bits per heavy atom. The number of rotatable bonds is 8. The number of nitrogens with zero attached hydrogens (tertiary/aromatic N) is 1. The van der Waals surface area contributed by atoms with Gasteiger partial charge in [-0.2, -0.15) is 5.26 Å². The van der Waals surface area contributed by atoms with E-state index in [2.05, 4.69) is 21.2 Å². The van der Waals surface area contributed by atoms with Gasteiger partial charge in [-0.05, 0) is 59.6 Å². The number of hydrogen-bond acceptors (Lipinski definition) is 8. The summed E-state index contributed by atoms with van der Waals surface area (Å²) in [4.78, 5) is 25.1. The van der Waals surface area contributed by atoms with Crippen molar-refractivity contribution in [3.8, 4) is 17.6 Å². The second-order valence-corrected chi connectivity index (χ2v) is 8.21. The Morgan fingerprint density at radius 1 is 1.26 bits per heavy atom. The average Bonchev–Trinajstić information content (AvgIpc) is 2.83. The van der Waals surface area contributed by atoms with Crippen LogP contribution in [-0.2, 0) is 19.1 Å². The summed E-state index contributed by atoms with van der Waals surface area (Å²) in [5.41, 5.74) is 7.33. The fraction of sp³-hybridized carbons (Fsp3) is 0.240. The third-order valence-corrected chi connectivity index (χ3v) is 5.68. The van der Waals surface area contributed by atoms with E-state index in [1.165, 1.54) is 7.11 Å². The van der Waals surface area contributed by atoms with E-state index in [0.29, 0.717) is 15.7 Å². The van der Waals surface area contributed by atoms with Crippen molar-refractivity contribution in [3.05, 3.63) is 75.3 Å². The van der Waals surface area contributed by atoms with Crippen molar-refractivity contribution in [2.45, 2.75) is 19.8 Å². The zero-order valence-corrected chi connectivity index (χ0v) is 21.0. The molecule has 0 aromatic heterocycles. The molecule has 1 amide bonds. The molecule has 35 heavy (non-hydrogen) atoms. The summed E-state index contributed by atoms with van der Waals surface area (Å²) >= 11 is 3.45. The molecule has 3 rings (SSSR count). The average molecular weight is 542 g/mol. The summed E-state index contributed by atoms with van der Waals surface area (Å²) in [5.74, 6) is -1.14. The standard InChI is InChI=1S/C25H24BrN3O6/c1-4-33-25(31)21-14(2)35-24(28)17(12-27)22(21)15-10-18(26)23(19(11-15)32-3)34-13-20(30)29-16-8-6-5-7-9-16/h5-11,22H,4,13,28H2,1-3H3,(H,29,30). The number of nitriles is 1. The number of allylic oxidation sites excluding steroid dienone is 2. The van der Waals surface area contributed by atoms with E-state index in [1.54, 1.807) is 38.1 Å². The third kappa shape index (κ3) is 5.75. The third-order valence-electron chi connectivity index (χ3n) is 5.09. The highest BCUT2D eigenvalue weighted by Gasteiger charge is 2.37. The zero-order chi connectivity index (χ0) is 25.5. The topological polar surface area (TPSA) is 133 Å². The molecule has 1 atom stereocenters. The predicted molar refractivity (Wildman–Crippen MR) is 131 cm³/mol. The summed E-state index contributed by atoms with van der Waals surface area (Å²) in [6.07, 6.45) is 0. The molecule has 0 saturated carbocycles. The minimum absolute atomic E-state index is 0.0588. The van der Waals surface area contributed by atoms with Crippen LogP contribution >= 0.6 is 15.9 Å². The fourth-order valence-corrected chi connectivity index (χ4v) is 4.17. The molecule has 3 N–H and O–H groups in total. The monoisotopic (exact) mass is 541 g/mol. The van der Waals surface area contributed by atoms with Gasteiger partial charge in [0.15, 0.2) is 18.1 Å². The summed E-state index contributed by atoms with van der Waals surface area (Å²) in [7, 11) is 1.44. The van der Waals surface area contributed by atoms with E-state index in [1.807, 2.05) is 24.3 Å². The van der Waals surface area contributed by atoms with Crippen molar-refractivity contribution >= 4 is 33.5 Å². The van der Waals surface area contributed by atoms with Gasteiger partial charge >= 0.3 is 5.97 Å². The molecule has 0 bridgehead atoms. The quantitative estimate of drug-likeness (QED) is 0.476. The maximum Gasteiger partial charge on any atom is 0.338 e. The van der Waals surface area contributed by atoms with Gasteiger partial charge in [0.1, 0.15) is 17.4 Å². The maximum atomic E-state index is 12.7. The first-order valence-corrected chi connectivity index (χ1v) is 11.4. The number of carbonyl (C=O) groups is 2. The van der Waals surface area contributed by atoms with Crippen LogP contribution in [0.15, 0.2) is 69.7 Å². The van der Waals surface area contributed by atoms with Gasteiger partial charge in [0.2, 0.25) is 5.88 Å². The SMILES string of the molecule is CCOC(=O)C1=C(C)OC(N)=C(C#N)C1c1cc(Br)c(OCC(=O)Nc2ccccc2)c(OC)c1. The maximum absolute atomic E-state index is 12.7. The number of halogens is 1. The molecular formula is C25H24BrN3O6. The van der Waals surface area contributed by atoms with Crippen LogP contribution in [0.2, 0.25) is 0 Å². The summed E-state index contributed by atoms with van der Waals surface area (Å²) in [6.45, 7) is 3.13.